The van der Waals surface area contributed by atoms with E-state index in [0.29, 0.717) is 6.54 Å². The fraction of sp³-hybridized carbons (Fsp3) is 0.889. The summed E-state index contributed by atoms with van der Waals surface area (Å²) >= 11 is 0. The molecule has 0 aromatic rings. The number of sulfonamides is 1. The maximum atomic E-state index is 11.3. The van der Waals surface area contributed by atoms with Gasteiger partial charge in [-0.05, 0) is 13.3 Å². The lowest BCUT2D eigenvalue weighted by molar-refractivity contribution is -0.124. The molecule has 15 heavy (non-hydrogen) atoms. The van der Waals surface area contributed by atoms with E-state index in [1.807, 2.05) is 13.8 Å². The maximum absolute atomic E-state index is 11.3. The van der Waals surface area contributed by atoms with Crippen LogP contribution in [-0.2, 0) is 14.8 Å². The highest BCUT2D eigenvalue weighted by Crippen LogP contribution is 1.98. The molecule has 2 N–H and O–H groups in total. The van der Waals surface area contributed by atoms with Crippen LogP contribution in [-0.4, -0.2) is 33.2 Å². The standard InChI is InChI=1S/C9H20N2O3S/c1-4-8(3)9(12)10-6-7-11-15(13,14)5-2/h8,11H,4-7H2,1-3H3,(H,10,12)/t8-/m1/s1. The molecule has 0 aliphatic heterocycles. The van der Waals surface area contributed by atoms with E-state index in [-0.39, 0.29) is 24.1 Å². The van der Waals surface area contributed by atoms with Crippen molar-refractivity contribution in [2.24, 2.45) is 5.92 Å². The van der Waals surface area contributed by atoms with Crippen molar-refractivity contribution in [3.63, 3.8) is 0 Å². The second-order valence-electron chi connectivity index (χ2n) is 3.40. The molecule has 0 aromatic heterocycles. The second kappa shape index (κ2) is 6.79. The molecule has 1 atom stereocenters. The van der Waals surface area contributed by atoms with E-state index in [1.165, 1.54) is 0 Å². The van der Waals surface area contributed by atoms with Gasteiger partial charge in [0.15, 0.2) is 0 Å². The van der Waals surface area contributed by atoms with Crippen molar-refractivity contribution in [3.05, 3.63) is 0 Å². The first-order chi connectivity index (χ1) is 6.93. The molecule has 1 amide bonds. The molecule has 0 aromatic carbocycles. The summed E-state index contributed by atoms with van der Waals surface area (Å²) in [7, 11) is -3.14. The molecule has 0 aliphatic rings. The lowest BCUT2D eigenvalue weighted by Gasteiger charge is -2.10. The summed E-state index contributed by atoms with van der Waals surface area (Å²) in [4.78, 5) is 11.3. The van der Waals surface area contributed by atoms with Crippen LogP contribution in [0.1, 0.15) is 27.2 Å². The van der Waals surface area contributed by atoms with Gasteiger partial charge < -0.3 is 5.32 Å². The molecule has 6 heteroatoms. The smallest absolute Gasteiger partial charge is 0.222 e. The molecule has 0 aliphatic carbocycles. The van der Waals surface area contributed by atoms with Crippen LogP contribution in [0.3, 0.4) is 0 Å². The van der Waals surface area contributed by atoms with Crippen molar-refractivity contribution in [3.8, 4) is 0 Å². The zero-order valence-electron chi connectivity index (χ0n) is 9.54. The van der Waals surface area contributed by atoms with Gasteiger partial charge in [0.05, 0.1) is 5.75 Å². The number of carbonyl (C=O) groups excluding carboxylic acids is 1. The highest BCUT2D eigenvalue weighted by atomic mass is 32.2. The van der Waals surface area contributed by atoms with Crippen LogP contribution in [0.2, 0.25) is 0 Å². The van der Waals surface area contributed by atoms with Gasteiger partial charge in [-0.25, -0.2) is 13.1 Å². The molecule has 0 heterocycles. The van der Waals surface area contributed by atoms with Crippen LogP contribution in [0.5, 0.6) is 0 Å². The van der Waals surface area contributed by atoms with Crippen molar-refractivity contribution in [2.75, 3.05) is 18.8 Å². The molecule has 0 spiro atoms. The molecule has 0 rings (SSSR count). The number of hydrogen-bond acceptors (Lipinski definition) is 3. The summed E-state index contributed by atoms with van der Waals surface area (Å²) in [5, 5.41) is 2.66. The average molecular weight is 236 g/mol. The van der Waals surface area contributed by atoms with Crippen LogP contribution in [0, 0.1) is 5.92 Å². The average Bonchev–Trinajstić information content (AvgIpc) is 2.22. The van der Waals surface area contributed by atoms with Gasteiger partial charge >= 0.3 is 0 Å². The fourth-order valence-electron chi connectivity index (χ4n) is 0.854. The van der Waals surface area contributed by atoms with E-state index in [0.717, 1.165) is 6.42 Å². The normalized spacial score (nSPS) is 13.5. The van der Waals surface area contributed by atoms with Gasteiger partial charge in [-0.3, -0.25) is 4.79 Å². The van der Waals surface area contributed by atoms with Crippen LogP contribution < -0.4 is 10.0 Å². The van der Waals surface area contributed by atoms with Gasteiger partial charge in [0.2, 0.25) is 15.9 Å². The van der Waals surface area contributed by atoms with Crippen molar-refractivity contribution < 1.29 is 13.2 Å². The zero-order chi connectivity index (χ0) is 11.9. The molecule has 0 radical (unpaired) electrons. The van der Waals surface area contributed by atoms with Crippen LogP contribution in [0.25, 0.3) is 0 Å². The topological polar surface area (TPSA) is 75.3 Å². The molecule has 0 bridgehead atoms. The third-order valence-electron chi connectivity index (χ3n) is 2.19. The van der Waals surface area contributed by atoms with Crippen molar-refractivity contribution in [1.82, 2.24) is 10.0 Å². The number of amides is 1. The Kier molecular flexibility index (Phi) is 6.51. The number of carbonyl (C=O) groups is 1. The number of hydrogen-bond donors (Lipinski definition) is 2. The Morgan fingerprint density at radius 1 is 1.27 bits per heavy atom. The summed E-state index contributed by atoms with van der Waals surface area (Å²) in [5.41, 5.74) is 0. The molecule has 0 saturated carbocycles. The summed E-state index contributed by atoms with van der Waals surface area (Å²) in [6.07, 6.45) is 0.784. The minimum absolute atomic E-state index is 0.0206. The fourth-order valence-corrected chi connectivity index (χ4v) is 1.47. The first kappa shape index (κ1) is 14.4. The molecule has 90 valence electrons. The number of rotatable bonds is 7. The van der Waals surface area contributed by atoms with E-state index in [9.17, 15) is 13.2 Å². The molecule has 0 fully saturated rings. The van der Waals surface area contributed by atoms with Gasteiger partial charge in [-0.15, -0.1) is 0 Å². The van der Waals surface area contributed by atoms with Crippen molar-refractivity contribution >= 4 is 15.9 Å². The van der Waals surface area contributed by atoms with Crippen molar-refractivity contribution in [1.29, 1.82) is 0 Å². The SMILES string of the molecule is CC[C@@H](C)C(=O)NCCNS(=O)(=O)CC. The minimum Gasteiger partial charge on any atom is -0.355 e. The zero-order valence-corrected chi connectivity index (χ0v) is 10.4. The van der Waals surface area contributed by atoms with E-state index in [1.54, 1.807) is 6.92 Å². The molecule has 0 saturated heterocycles. The highest BCUT2D eigenvalue weighted by molar-refractivity contribution is 7.89. The first-order valence-corrected chi connectivity index (χ1v) is 6.83. The van der Waals surface area contributed by atoms with Gasteiger partial charge in [-0.2, -0.15) is 0 Å². The first-order valence-electron chi connectivity index (χ1n) is 5.18. The summed E-state index contributed by atoms with van der Waals surface area (Å²) in [5.74, 6) is 0.00717. The predicted molar refractivity (Wildman–Crippen MR) is 59.9 cm³/mol. The molecule has 0 unspecified atom stereocenters. The van der Waals surface area contributed by atoms with Gasteiger partial charge in [0.1, 0.15) is 0 Å². The Morgan fingerprint density at radius 3 is 2.33 bits per heavy atom. The van der Waals surface area contributed by atoms with E-state index in [4.69, 9.17) is 0 Å². The maximum Gasteiger partial charge on any atom is 0.222 e. The Labute approximate surface area is 91.7 Å². The Bertz CT molecular complexity index is 288. The molecular formula is C9H20N2O3S. The second-order valence-corrected chi connectivity index (χ2v) is 5.49. The van der Waals surface area contributed by atoms with Gasteiger partial charge in [0, 0.05) is 19.0 Å². The third-order valence-corrected chi connectivity index (χ3v) is 3.59. The molecule has 5 nitrogen and oxygen atoms in total. The third kappa shape index (κ3) is 6.46. The quantitative estimate of drug-likeness (QED) is 0.615. The van der Waals surface area contributed by atoms with Crippen LogP contribution in [0.4, 0.5) is 0 Å². The monoisotopic (exact) mass is 236 g/mol. The lowest BCUT2D eigenvalue weighted by Crippen LogP contribution is -2.37. The Hall–Kier alpha value is -0.620. The number of nitrogens with one attached hydrogen (secondary N) is 2. The minimum atomic E-state index is -3.14. The van der Waals surface area contributed by atoms with E-state index < -0.39 is 10.0 Å². The predicted octanol–water partition coefficient (Wildman–Crippen LogP) is 0.0880. The van der Waals surface area contributed by atoms with Crippen LogP contribution in [0.15, 0.2) is 0 Å². The lowest BCUT2D eigenvalue weighted by atomic mass is 10.1. The van der Waals surface area contributed by atoms with Gasteiger partial charge in [-0.1, -0.05) is 13.8 Å². The van der Waals surface area contributed by atoms with E-state index >= 15 is 0 Å². The summed E-state index contributed by atoms with van der Waals surface area (Å²) < 4.78 is 24.4. The summed E-state index contributed by atoms with van der Waals surface area (Å²) in [6, 6.07) is 0. The Balaban J connectivity index is 3.68. The highest BCUT2D eigenvalue weighted by Gasteiger charge is 2.10. The Morgan fingerprint density at radius 2 is 1.87 bits per heavy atom. The summed E-state index contributed by atoms with van der Waals surface area (Å²) in [6.45, 7) is 5.93. The van der Waals surface area contributed by atoms with Gasteiger partial charge in [0.25, 0.3) is 0 Å². The molecular weight excluding hydrogens is 216 g/mol. The van der Waals surface area contributed by atoms with Crippen LogP contribution >= 0.6 is 0 Å². The van der Waals surface area contributed by atoms with Crippen molar-refractivity contribution in [2.45, 2.75) is 27.2 Å². The largest absolute Gasteiger partial charge is 0.355 e. The van der Waals surface area contributed by atoms with E-state index in [2.05, 4.69) is 10.0 Å².